The van der Waals surface area contributed by atoms with E-state index < -0.39 is 6.10 Å². The molecule has 11 heteroatoms. The van der Waals surface area contributed by atoms with Crippen molar-refractivity contribution in [1.82, 2.24) is 20.1 Å². The van der Waals surface area contributed by atoms with Gasteiger partial charge in [0.2, 0.25) is 0 Å². The molecule has 6 rings (SSSR count). The van der Waals surface area contributed by atoms with E-state index in [-0.39, 0.29) is 34.5 Å². The molecule has 9 nitrogen and oxygen atoms in total. The number of aliphatic hydroxyl groups is 1. The number of hydrogen-bond acceptors (Lipinski definition) is 8. The number of aryl methyl sites for hydroxylation is 1. The minimum absolute atomic E-state index is 0.0300. The molecular formula is C34H39FN4O5S. The van der Waals surface area contributed by atoms with Gasteiger partial charge in [0.1, 0.15) is 17.1 Å². The summed E-state index contributed by atoms with van der Waals surface area (Å²) in [4.78, 5) is 31.5. The van der Waals surface area contributed by atoms with Crippen molar-refractivity contribution < 1.29 is 24.1 Å². The van der Waals surface area contributed by atoms with E-state index in [9.17, 15) is 24.2 Å². The number of phenols is 1. The molecule has 1 aromatic heterocycles. The summed E-state index contributed by atoms with van der Waals surface area (Å²) >= 11 is 0.955. The summed E-state index contributed by atoms with van der Waals surface area (Å²) in [5.41, 5.74) is 4.12. The smallest absolute Gasteiger partial charge is 0.305 e. The number of nitrogens with zero attached hydrogens (tertiary/aromatic N) is 2. The Morgan fingerprint density at radius 3 is 2.73 bits per heavy atom. The van der Waals surface area contributed by atoms with E-state index in [1.54, 1.807) is 18.2 Å². The standard InChI is InChI=1S/C34H39FN4O5S/c1-22-3-2-4-25(15-22)32(42)39-13-14-44-34(21-39)8-11-38(12-9-34)20-24-16-23(17-26(35)18-24)7-10-36-19-29(41)27-5-6-28(40)30-31(27)45-33(43)37-30/h2-6,15-18,29,36,40-41H,7-14,19-21H2,1H3,(H,37,43). The number of piperidine rings is 1. The molecule has 2 aliphatic heterocycles. The lowest BCUT2D eigenvalue weighted by molar-refractivity contribution is -0.127. The minimum Gasteiger partial charge on any atom is -0.506 e. The van der Waals surface area contributed by atoms with Crippen molar-refractivity contribution in [3.8, 4) is 5.75 Å². The Hall–Kier alpha value is -3.61. The van der Waals surface area contributed by atoms with Crippen LogP contribution in [0.15, 0.2) is 59.4 Å². The number of aromatic amines is 1. The van der Waals surface area contributed by atoms with Crippen LogP contribution in [-0.4, -0.2) is 82.4 Å². The molecule has 2 fully saturated rings. The molecule has 3 heterocycles. The number of nitrogens with one attached hydrogen (secondary N) is 2. The van der Waals surface area contributed by atoms with Crippen molar-refractivity contribution in [2.75, 3.05) is 45.9 Å². The lowest BCUT2D eigenvalue weighted by Gasteiger charge is -2.47. The van der Waals surface area contributed by atoms with Crippen LogP contribution in [0.4, 0.5) is 4.39 Å². The number of aromatic nitrogens is 1. The maximum absolute atomic E-state index is 14.6. The molecule has 2 saturated heterocycles. The first-order valence-corrected chi connectivity index (χ1v) is 16.2. The van der Waals surface area contributed by atoms with Gasteiger partial charge in [0.05, 0.1) is 29.6 Å². The monoisotopic (exact) mass is 634 g/mol. The van der Waals surface area contributed by atoms with Gasteiger partial charge in [0, 0.05) is 43.9 Å². The van der Waals surface area contributed by atoms with E-state index in [1.165, 1.54) is 6.07 Å². The Morgan fingerprint density at radius 2 is 1.93 bits per heavy atom. The Kier molecular flexibility index (Phi) is 9.34. The molecule has 238 valence electrons. The van der Waals surface area contributed by atoms with Crippen molar-refractivity contribution in [3.63, 3.8) is 0 Å². The lowest BCUT2D eigenvalue weighted by Crippen LogP contribution is -2.57. The highest BCUT2D eigenvalue weighted by Crippen LogP contribution is 2.33. The van der Waals surface area contributed by atoms with Crippen LogP contribution in [0, 0.1) is 12.7 Å². The molecule has 4 aromatic rings. The highest BCUT2D eigenvalue weighted by atomic mass is 32.1. The normalized spacial score (nSPS) is 17.6. The number of carbonyl (C=O) groups is 1. The van der Waals surface area contributed by atoms with E-state index in [0.29, 0.717) is 60.6 Å². The van der Waals surface area contributed by atoms with Gasteiger partial charge < -0.3 is 30.2 Å². The quantitative estimate of drug-likeness (QED) is 0.205. The third-order valence-corrected chi connectivity index (χ3v) is 9.80. The van der Waals surface area contributed by atoms with Crippen molar-refractivity contribution in [1.29, 1.82) is 0 Å². The van der Waals surface area contributed by atoms with Crippen molar-refractivity contribution >= 4 is 27.5 Å². The van der Waals surface area contributed by atoms with Gasteiger partial charge in [0.15, 0.2) is 0 Å². The number of halogens is 1. The number of rotatable bonds is 9. The average Bonchev–Trinajstić information content (AvgIpc) is 3.42. The Morgan fingerprint density at radius 1 is 1.13 bits per heavy atom. The fraction of sp³-hybridized carbons (Fsp3) is 0.412. The van der Waals surface area contributed by atoms with Gasteiger partial charge in [-0.25, -0.2) is 4.39 Å². The number of amides is 1. The summed E-state index contributed by atoms with van der Waals surface area (Å²) in [6.07, 6.45) is 1.34. The molecule has 0 radical (unpaired) electrons. The van der Waals surface area contributed by atoms with Crippen LogP contribution in [0.1, 0.15) is 51.6 Å². The van der Waals surface area contributed by atoms with Gasteiger partial charge in [-0.1, -0.05) is 41.2 Å². The lowest BCUT2D eigenvalue weighted by atomic mass is 9.88. The van der Waals surface area contributed by atoms with Crippen LogP contribution in [0.2, 0.25) is 0 Å². The second-order valence-electron chi connectivity index (χ2n) is 12.2. The van der Waals surface area contributed by atoms with Crippen LogP contribution >= 0.6 is 11.3 Å². The molecule has 3 aromatic carbocycles. The number of benzene rings is 3. The molecule has 1 amide bonds. The van der Waals surface area contributed by atoms with Crippen LogP contribution in [0.25, 0.3) is 10.2 Å². The predicted molar refractivity (Wildman–Crippen MR) is 172 cm³/mol. The molecule has 4 N–H and O–H groups in total. The molecule has 0 aliphatic carbocycles. The Labute approximate surface area is 265 Å². The van der Waals surface area contributed by atoms with Crippen LogP contribution < -0.4 is 10.2 Å². The number of hydrogen-bond donors (Lipinski definition) is 4. The summed E-state index contributed by atoms with van der Waals surface area (Å²) in [6, 6.07) is 16.0. The second-order valence-corrected chi connectivity index (χ2v) is 13.2. The topological polar surface area (TPSA) is 118 Å². The average molecular weight is 635 g/mol. The summed E-state index contributed by atoms with van der Waals surface area (Å²) in [5, 5.41) is 24.0. The molecule has 1 spiro atoms. The van der Waals surface area contributed by atoms with Gasteiger partial charge in [-0.2, -0.15) is 0 Å². The van der Waals surface area contributed by atoms with Gasteiger partial charge in [-0.05, 0) is 74.2 Å². The van der Waals surface area contributed by atoms with Crippen LogP contribution in [0.5, 0.6) is 5.75 Å². The van der Waals surface area contributed by atoms with Crippen molar-refractivity contribution in [2.24, 2.45) is 0 Å². The maximum atomic E-state index is 14.6. The van der Waals surface area contributed by atoms with E-state index in [0.717, 1.165) is 54.0 Å². The van der Waals surface area contributed by atoms with Gasteiger partial charge >= 0.3 is 4.87 Å². The molecule has 0 saturated carbocycles. The predicted octanol–water partition coefficient (Wildman–Crippen LogP) is 4.12. The number of phenolic OH excluding ortho intramolecular Hbond substituents is 1. The van der Waals surface area contributed by atoms with Crippen molar-refractivity contribution in [2.45, 2.75) is 44.4 Å². The zero-order chi connectivity index (χ0) is 31.6. The third-order valence-electron chi connectivity index (χ3n) is 8.87. The number of H-pyrrole nitrogens is 1. The van der Waals surface area contributed by atoms with Crippen LogP contribution in [-0.2, 0) is 17.7 Å². The number of aliphatic hydroxyl groups excluding tert-OH is 1. The van der Waals surface area contributed by atoms with Gasteiger partial charge in [-0.3, -0.25) is 14.5 Å². The zero-order valence-electron chi connectivity index (χ0n) is 25.4. The Balaban J connectivity index is 0.994. The van der Waals surface area contributed by atoms with E-state index in [4.69, 9.17) is 4.74 Å². The maximum Gasteiger partial charge on any atom is 0.305 e. The summed E-state index contributed by atoms with van der Waals surface area (Å²) in [5.74, 6) is -0.250. The number of fused-ring (bicyclic) bond motifs is 1. The number of aromatic hydroxyl groups is 1. The fourth-order valence-corrected chi connectivity index (χ4v) is 7.41. The highest BCUT2D eigenvalue weighted by Gasteiger charge is 2.41. The van der Waals surface area contributed by atoms with Crippen molar-refractivity contribution in [3.05, 3.63) is 97.9 Å². The minimum atomic E-state index is -0.870. The van der Waals surface area contributed by atoms with E-state index >= 15 is 0 Å². The van der Waals surface area contributed by atoms with E-state index in [2.05, 4.69) is 15.2 Å². The molecule has 1 atom stereocenters. The number of thiazole rings is 1. The number of carbonyl (C=O) groups excluding carboxylic acids is 1. The highest BCUT2D eigenvalue weighted by molar-refractivity contribution is 7.16. The first-order valence-electron chi connectivity index (χ1n) is 15.4. The van der Waals surface area contributed by atoms with Gasteiger partial charge in [0.25, 0.3) is 5.91 Å². The SMILES string of the molecule is Cc1cccc(C(=O)N2CCOC3(CCN(Cc4cc(F)cc(CCNCC(O)c5ccc(O)c6[nH]c(=O)sc56)c4)CC3)C2)c1. The molecule has 45 heavy (non-hydrogen) atoms. The second kappa shape index (κ2) is 13.4. The van der Waals surface area contributed by atoms with E-state index in [1.807, 2.05) is 42.2 Å². The number of likely N-dealkylation sites (tertiary alicyclic amines) is 1. The summed E-state index contributed by atoms with van der Waals surface area (Å²) < 4.78 is 21.4. The number of ether oxygens (including phenoxy) is 1. The first-order chi connectivity index (χ1) is 21.7. The molecule has 2 aliphatic rings. The summed E-state index contributed by atoms with van der Waals surface area (Å²) in [7, 11) is 0. The zero-order valence-corrected chi connectivity index (χ0v) is 26.2. The molecule has 0 bridgehead atoms. The fourth-order valence-electron chi connectivity index (χ4n) is 6.49. The first kappa shape index (κ1) is 31.4. The molecule has 1 unspecified atom stereocenters. The Bertz CT molecular complexity index is 1730. The van der Waals surface area contributed by atoms with Gasteiger partial charge in [-0.15, -0.1) is 0 Å². The third kappa shape index (κ3) is 7.29. The molecular weight excluding hydrogens is 595 g/mol. The largest absolute Gasteiger partial charge is 0.506 e. The summed E-state index contributed by atoms with van der Waals surface area (Å²) in [6.45, 7) is 6.72. The number of morpholine rings is 1. The van der Waals surface area contributed by atoms with Crippen LogP contribution in [0.3, 0.4) is 0 Å².